The Morgan fingerprint density at radius 3 is 2.60 bits per heavy atom. The maximum absolute atomic E-state index is 13.3. The zero-order valence-electron chi connectivity index (χ0n) is 13.0. The van der Waals surface area contributed by atoms with E-state index < -0.39 is 23.4 Å². The minimum Gasteiger partial charge on any atom is -0.403 e. The quantitative estimate of drug-likeness (QED) is 0.680. The van der Waals surface area contributed by atoms with Crippen LogP contribution in [0, 0.1) is 24.4 Å². The van der Waals surface area contributed by atoms with Crippen molar-refractivity contribution in [2.75, 3.05) is 0 Å². The Labute approximate surface area is 140 Å². The molecular formula is C17H12F3N3O2. The fourth-order valence-corrected chi connectivity index (χ4v) is 2.17. The van der Waals surface area contributed by atoms with Gasteiger partial charge in [0.2, 0.25) is 5.88 Å². The first-order valence-corrected chi connectivity index (χ1v) is 7.24. The normalized spacial score (nSPS) is 10.7. The second-order valence-corrected chi connectivity index (χ2v) is 5.28. The number of aryl methyl sites for hydroxylation is 1. The molecule has 0 radical (unpaired) electrons. The highest BCUT2D eigenvalue weighted by atomic mass is 19.2. The number of esters is 1. The van der Waals surface area contributed by atoms with E-state index in [0.29, 0.717) is 11.3 Å². The molecule has 0 spiro atoms. The molecule has 0 amide bonds. The number of hydrogen-bond donors (Lipinski definition) is 0. The Hall–Kier alpha value is -3.16. The van der Waals surface area contributed by atoms with Crippen LogP contribution in [-0.4, -0.2) is 20.7 Å². The lowest BCUT2D eigenvalue weighted by Gasteiger charge is -2.08. The van der Waals surface area contributed by atoms with Crippen LogP contribution in [0.15, 0.2) is 42.6 Å². The number of benzene rings is 1. The maximum atomic E-state index is 13.3. The third-order valence-electron chi connectivity index (χ3n) is 3.32. The van der Waals surface area contributed by atoms with Crippen molar-refractivity contribution in [2.24, 2.45) is 0 Å². The summed E-state index contributed by atoms with van der Waals surface area (Å²) < 4.78 is 45.8. The van der Waals surface area contributed by atoms with Gasteiger partial charge in [0.25, 0.3) is 0 Å². The van der Waals surface area contributed by atoms with Gasteiger partial charge < -0.3 is 4.74 Å². The summed E-state index contributed by atoms with van der Waals surface area (Å²) in [4.78, 5) is 15.7. The highest BCUT2D eigenvalue weighted by Crippen LogP contribution is 2.18. The molecule has 8 heteroatoms. The fraction of sp³-hybridized carbons (Fsp3) is 0.118. The number of ether oxygens (including phenoxy) is 1. The molecule has 0 unspecified atom stereocenters. The smallest absolute Gasteiger partial charge is 0.363 e. The van der Waals surface area contributed by atoms with Crippen LogP contribution in [0.2, 0.25) is 0 Å². The summed E-state index contributed by atoms with van der Waals surface area (Å²) in [6.45, 7) is 1.76. The van der Waals surface area contributed by atoms with E-state index in [2.05, 4.69) is 10.1 Å². The summed E-state index contributed by atoms with van der Waals surface area (Å²) in [6, 6.07) is 7.26. The minimum absolute atomic E-state index is 0.0698. The van der Waals surface area contributed by atoms with E-state index in [4.69, 9.17) is 4.74 Å². The third kappa shape index (κ3) is 3.85. The highest BCUT2D eigenvalue weighted by molar-refractivity contribution is 5.88. The number of nitrogens with zero attached hydrogens (tertiary/aromatic N) is 3. The predicted octanol–water partition coefficient (Wildman–Crippen LogP) is 3.27. The first-order chi connectivity index (χ1) is 11.9. The molecule has 2 heterocycles. The summed E-state index contributed by atoms with van der Waals surface area (Å²) in [5.41, 5.74) is 0.941. The highest BCUT2D eigenvalue weighted by Gasteiger charge is 2.15. The van der Waals surface area contributed by atoms with Gasteiger partial charge in [0.1, 0.15) is 11.5 Å². The molecule has 0 aliphatic heterocycles. The number of pyridine rings is 1. The first-order valence-electron chi connectivity index (χ1n) is 7.24. The standard InChI is InChI=1S/C17H12F3N3O2/c1-10-6-16(25-17(24)15-5-3-12(18)8-21-15)23(22-10)9-11-2-4-13(19)14(20)7-11/h2-8H,9H2,1H3. The Kier molecular flexibility index (Phi) is 4.51. The van der Waals surface area contributed by atoms with Crippen molar-refractivity contribution >= 4 is 5.97 Å². The second-order valence-electron chi connectivity index (χ2n) is 5.28. The lowest BCUT2D eigenvalue weighted by atomic mass is 10.2. The molecule has 0 atom stereocenters. The van der Waals surface area contributed by atoms with Crippen LogP contribution in [-0.2, 0) is 6.54 Å². The zero-order chi connectivity index (χ0) is 18.0. The van der Waals surface area contributed by atoms with Crippen molar-refractivity contribution in [3.05, 3.63) is 77.0 Å². The Morgan fingerprint density at radius 2 is 1.92 bits per heavy atom. The van der Waals surface area contributed by atoms with Gasteiger partial charge in [0, 0.05) is 6.07 Å². The van der Waals surface area contributed by atoms with Gasteiger partial charge in [-0.25, -0.2) is 27.6 Å². The molecule has 0 bridgehead atoms. The van der Waals surface area contributed by atoms with E-state index in [9.17, 15) is 18.0 Å². The molecule has 0 aliphatic carbocycles. The SMILES string of the molecule is Cc1cc(OC(=O)c2ccc(F)cn2)n(Cc2ccc(F)c(F)c2)n1. The van der Waals surface area contributed by atoms with Gasteiger partial charge in [-0.1, -0.05) is 6.07 Å². The van der Waals surface area contributed by atoms with Crippen LogP contribution in [0.1, 0.15) is 21.7 Å². The van der Waals surface area contributed by atoms with Gasteiger partial charge in [-0.2, -0.15) is 5.10 Å². The second kappa shape index (κ2) is 6.76. The van der Waals surface area contributed by atoms with Crippen molar-refractivity contribution in [3.63, 3.8) is 0 Å². The molecule has 128 valence electrons. The van der Waals surface area contributed by atoms with Gasteiger partial charge in [-0.3, -0.25) is 0 Å². The molecule has 2 aromatic heterocycles. The molecule has 1 aromatic carbocycles. The van der Waals surface area contributed by atoms with Gasteiger partial charge in [0.05, 0.1) is 18.4 Å². The van der Waals surface area contributed by atoms with Crippen LogP contribution in [0.5, 0.6) is 5.88 Å². The zero-order valence-corrected chi connectivity index (χ0v) is 13.0. The summed E-state index contributed by atoms with van der Waals surface area (Å²) in [6.07, 6.45) is 0.903. The number of aromatic nitrogens is 3. The van der Waals surface area contributed by atoms with Crippen LogP contribution < -0.4 is 4.74 Å². The maximum Gasteiger partial charge on any atom is 0.363 e. The monoisotopic (exact) mass is 347 g/mol. The summed E-state index contributed by atoms with van der Waals surface area (Å²) in [5.74, 6) is -3.18. The van der Waals surface area contributed by atoms with Crippen molar-refractivity contribution in [1.82, 2.24) is 14.8 Å². The number of carbonyl (C=O) groups excluding carboxylic acids is 1. The lowest BCUT2D eigenvalue weighted by Crippen LogP contribution is -2.14. The Balaban J connectivity index is 1.81. The molecule has 25 heavy (non-hydrogen) atoms. The average Bonchev–Trinajstić information content (AvgIpc) is 2.90. The summed E-state index contributed by atoms with van der Waals surface area (Å²) in [7, 11) is 0. The van der Waals surface area contributed by atoms with E-state index >= 15 is 0 Å². The fourth-order valence-electron chi connectivity index (χ4n) is 2.17. The molecule has 3 aromatic rings. The molecule has 0 saturated heterocycles. The van der Waals surface area contributed by atoms with Crippen molar-refractivity contribution in [1.29, 1.82) is 0 Å². The van der Waals surface area contributed by atoms with Crippen molar-refractivity contribution in [3.8, 4) is 5.88 Å². The minimum atomic E-state index is -0.976. The van der Waals surface area contributed by atoms with Gasteiger partial charge in [0.15, 0.2) is 11.6 Å². The Morgan fingerprint density at radius 1 is 1.12 bits per heavy atom. The van der Waals surface area contributed by atoms with E-state index in [0.717, 1.165) is 24.4 Å². The topological polar surface area (TPSA) is 57.0 Å². The molecule has 5 nitrogen and oxygen atoms in total. The van der Waals surface area contributed by atoms with Crippen LogP contribution in [0.25, 0.3) is 0 Å². The molecule has 3 rings (SSSR count). The molecular weight excluding hydrogens is 335 g/mol. The molecule has 0 aliphatic rings. The number of hydrogen-bond acceptors (Lipinski definition) is 4. The predicted molar refractivity (Wildman–Crippen MR) is 81.6 cm³/mol. The lowest BCUT2D eigenvalue weighted by molar-refractivity contribution is 0.0712. The van der Waals surface area contributed by atoms with E-state index in [1.165, 1.54) is 22.9 Å². The van der Waals surface area contributed by atoms with E-state index in [1.807, 2.05) is 0 Å². The third-order valence-corrected chi connectivity index (χ3v) is 3.32. The van der Waals surface area contributed by atoms with Crippen LogP contribution in [0.3, 0.4) is 0 Å². The summed E-state index contributed by atoms with van der Waals surface area (Å²) in [5, 5.41) is 4.16. The van der Waals surface area contributed by atoms with Crippen LogP contribution >= 0.6 is 0 Å². The van der Waals surface area contributed by atoms with Crippen LogP contribution in [0.4, 0.5) is 13.2 Å². The van der Waals surface area contributed by atoms with Gasteiger partial charge in [-0.05, 0) is 36.8 Å². The number of carbonyl (C=O) groups is 1. The summed E-state index contributed by atoms with van der Waals surface area (Å²) >= 11 is 0. The Bertz CT molecular complexity index is 923. The van der Waals surface area contributed by atoms with Gasteiger partial charge >= 0.3 is 5.97 Å². The molecule has 0 saturated carbocycles. The molecule has 0 fully saturated rings. The van der Waals surface area contributed by atoms with Crippen molar-refractivity contribution < 1.29 is 22.7 Å². The first kappa shape index (κ1) is 16.7. The van der Waals surface area contributed by atoms with Crippen molar-refractivity contribution in [2.45, 2.75) is 13.5 Å². The molecule has 0 N–H and O–H groups in total. The number of rotatable bonds is 4. The van der Waals surface area contributed by atoms with E-state index in [-0.39, 0.29) is 18.1 Å². The average molecular weight is 347 g/mol. The van der Waals surface area contributed by atoms with Gasteiger partial charge in [-0.15, -0.1) is 0 Å². The largest absolute Gasteiger partial charge is 0.403 e. The van der Waals surface area contributed by atoms with E-state index in [1.54, 1.807) is 6.92 Å². The number of halogens is 3.